The summed E-state index contributed by atoms with van der Waals surface area (Å²) in [6.07, 6.45) is 0. The maximum atomic E-state index is 4.85. The molecule has 0 atom stereocenters. The summed E-state index contributed by atoms with van der Waals surface area (Å²) in [4.78, 5) is 2.08. The fourth-order valence-electron chi connectivity index (χ4n) is 0.746. The van der Waals surface area contributed by atoms with Crippen LogP contribution in [0.3, 0.4) is 0 Å². The van der Waals surface area contributed by atoms with Crippen molar-refractivity contribution in [2.75, 3.05) is 24.6 Å². The third-order valence-corrected chi connectivity index (χ3v) is 2.73. The minimum Gasteiger partial charge on any atom is -0.411 e. The fourth-order valence-corrected chi connectivity index (χ4v) is 2.01. The van der Waals surface area contributed by atoms with E-state index < -0.39 is 0 Å². The molecule has 1 aliphatic rings. The van der Waals surface area contributed by atoms with Gasteiger partial charge in [0.1, 0.15) is 0 Å². The second kappa shape index (κ2) is 6.03. The Balaban J connectivity index is 0.000000810. The van der Waals surface area contributed by atoms with Gasteiger partial charge in [0.2, 0.25) is 0 Å². The molecule has 1 fully saturated rings. The van der Waals surface area contributed by atoms with Crippen LogP contribution in [0.15, 0.2) is 0 Å². The largest absolute Gasteiger partial charge is 1.00 e. The monoisotopic (exact) mass is 201 g/mol. The van der Waals surface area contributed by atoms with Gasteiger partial charge in [-0.15, -0.1) is 0 Å². The van der Waals surface area contributed by atoms with Gasteiger partial charge in [0, 0.05) is 24.6 Å². The first-order chi connectivity index (χ1) is 4.30. The van der Waals surface area contributed by atoms with E-state index in [0.717, 1.165) is 13.1 Å². The summed E-state index contributed by atoms with van der Waals surface area (Å²) in [6.45, 7) is 2.10. The molecule has 0 unspecified atom stereocenters. The number of hydrogen-bond donors (Lipinski definition) is 0. The van der Waals surface area contributed by atoms with E-state index in [1.807, 2.05) is 11.8 Å². The molecule has 10 heavy (non-hydrogen) atoms. The van der Waals surface area contributed by atoms with Crippen molar-refractivity contribution in [1.82, 2.24) is 4.90 Å². The number of thioether (sulfide) groups is 1. The number of hydrogen-bond acceptors (Lipinski definition) is 3. The quantitative estimate of drug-likeness (QED) is 0.250. The predicted molar refractivity (Wildman–Crippen MR) is 48.9 cm³/mol. The first-order valence-corrected chi connectivity index (χ1v) is 4.81. The van der Waals surface area contributed by atoms with Crippen molar-refractivity contribution < 1.29 is 29.6 Å². The van der Waals surface area contributed by atoms with Gasteiger partial charge in [-0.25, -0.2) is 0 Å². The van der Waals surface area contributed by atoms with E-state index in [1.165, 1.54) is 11.5 Å². The van der Waals surface area contributed by atoms with Crippen molar-refractivity contribution in [3.63, 3.8) is 0 Å². The first-order valence-electron chi connectivity index (χ1n) is 2.84. The molecule has 0 bridgehead atoms. The van der Waals surface area contributed by atoms with Gasteiger partial charge in [-0.3, -0.25) is 0 Å². The van der Waals surface area contributed by atoms with Crippen molar-refractivity contribution in [2.45, 2.75) is 0 Å². The molecule has 1 rings (SSSR count). The van der Waals surface area contributed by atoms with E-state index in [9.17, 15) is 0 Å². The van der Waals surface area contributed by atoms with Crippen LogP contribution in [0.1, 0.15) is 0 Å². The van der Waals surface area contributed by atoms with Crippen molar-refractivity contribution in [3.05, 3.63) is 0 Å². The van der Waals surface area contributed by atoms with Gasteiger partial charge in [-0.1, -0.05) is 4.32 Å². The Morgan fingerprint density at radius 1 is 1.40 bits per heavy atom. The Hall–Kier alpha value is 1.46. The van der Waals surface area contributed by atoms with Crippen molar-refractivity contribution in [1.29, 1.82) is 0 Å². The van der Waals surface area contributed by atoms with Crippen LogP contribution in [0, 0.1) is 0 Å². The molecule has 0 saturated carbocycles. The zero-order valence-electron chi connectivity index (χ0n) is 6.00. The van der Waals surface area contributed by atoms with E-state index in [4.69, 9.17) is 24.8 Å². The summed E-state index contributed by atoms with van der Waals surface area (Å²) in [5, 5.41) is 0. The molecular weight excluding hydrogens is 193 g/mol. The molecule has 0 aromatic heterocycles. The molecule has 1 saturated heterocycles. The Labute approximate surface area is 99.0 Å². The van der Waals surface area contributed by atoms with Crippen LogP contribution in [0.2, 0.25) is 0 Å². The third-order valence-electron chi connectivity index (χ3n) is 1.27. The summed E-state index contributed by atoms with van der Waals surface area (Å²) < 4.78 is 0.635. The molecule has 0 aliphatic carbocycles. The van der Waals surface area contributed by atoms with Gasteiger partial charge in [0.15, 0.2) is 0 Å². The maximum Gasteiger partial charge on any atom is 1.00 e. The van der Waals surface area contributed by atoms with Gasteiger partial charge >= 0.3 is 29.6 Å². The van der Waals surface area contributed by atoms with Crippen LogP contribution in [-0.2, 0) is 12.6 Å². The summed E-state index contributed by atoms with van der Waals surface area (Å²) in [5.41, 5.74) is 0. The van der Waals surface area contributed by atoms with Crippen LogP contribution in [0.25, 0.3) is 0 Å². The van der Waals surface area contributed by atoms with Crippen LogP contribution >= 0.6 is 24.0 Å². The topological polar surface area (TPSA) is 3.24 Å². The third kappa shape index (κ3) is 3.74. The number of rotatable bonds is 0. The molecule has 0 amide bonds. The standard InChI is InChI=1S/C5H9NS3.Na/c7-5(8)6-1-3-9-4-2-6;/h1-4H2,(H,7,8);/q;+1/p-1. The van der Waals surface area contributed by atoms with Crippen molar-refractivity contribution >= 4 is 40.9 Å². The first kappa shape index (κ1) is 11.5. The minimum atomic E-state index is 0. The zero-order valence-corrected chi connectivity index (χ0v) is 10.4. The molecule has 52 valence electrons. The SMILES string of the molecule is S=C([S-])N1CCSCC1.[Na+]. The van der Waals surface area contributed by atoms with E-state index in [0.29, 0.717) is 4.32 Å². The molecule has 0 aromatic rings. The Kier molecular flexibility index (Phi) is 6.91. The molecule has 0 spiro atoms. The van der Waals surface area contributed by atoms with Crippen molar-refractivity contribution in [3.8, 4) is 0 Å². The number of nitrogens with zero attached hydrogens (tertiary/aromatic N) is 1. The Morgan fingerprint density at radius 3 is 2.20 bits per heavy atom. The summed E-state index contributed by atoms with van der Waals surface area (Å²) >= 11 is 11.7. The maximum absolute atomic E-state index is 4.85. The molecule has 0 radical (unpaired) electrons. The van der Waals surface area contributed by atoms with E-state index in [1.54, 1.807) is 0 Å². The van der Waals surface area contributed by atoms with E-state index in [-0.39, 0.29) is 29.6 Å². The summed E-state index contributed by atoms with van der Waals surface area (Å²) in [6, 6.07) is 0. The minimum absolute atomic E-state index is 0. The molecule has 0 N–H and O–H groups in total. The second-order valence-electron chi connectivity index (χ2n) is 1.87. The average Bonchev–Trinajstić information content (AvgIpc) is 1.90. The average molecular weight is 201 g/mol. The van der Waals surface area contributed by atoms with Gasteiger partial charge in [-0.05, 0) is 0 Å². The fraction of sp³-hybridized carbons (Fsp3) is 0.800. The molecule has 1 heterocycles. The molecule has 5 heteroatoms. The summed E-state index contributed by atoms with van der Waals surface area (Å²) in [5.74, 6) is 2.35. The second-order valence-corrected chi connectivity index (χ2v) is 4.12. The number of thiocarbonyl (C=S) groups is 1. The van der Waals surface area contributed by atoms with Crippen molar-refractivity contribution in [2.24, 2.45) is 0 Å². The Bertz CT molecular complexity index is 113. The zero-order chi connectivity index (χ0) is 6.69. The molecule has 1 nitrogen and oxygen atoms in total. The smallest absolute Gasteiger partial charge is 0.411 e. The van der Waals surface area contributed by atoms with Gasteiger partial charge < -0.3 is 29.7 Å². The normalized spacial score (nSPS) is 17.8. The molecular formula is C5H8NNaS3. The van der Waals surface area contributed by atoms with E-state index >= 15 is 0 Å². The van der Waals surface area contributed by atoms with Crippen LogP contribution in [-0.4, -0.2) is 33.8 Å². The van der Waals surface area contributed by atoms with Gasteiger partial charge in [0.05, 0.1) is 0 Å². The molecule has 0 aromatic carbocycles. The Morgan fingerprint density at radius 2 is 1.90 bits per heavy atom. The van der Waals surface area contributed by atoms with Crippen LogP contribution in [0.4, 0.5) is 0 Å². The van der Waals surface area contributed by atoms with Crippen LogP contribution < -0.4 is 29.6 Å². The van der Waals surface area contributed by atoms with Gasteiger partial charge in [-0.2, -0.15) is 11.8 Å². The van der Waals surface area contributed by atoms with Gasteiger partial charge in [0.25, 0.3) is 0 Å². The summed E-state index contributed by atoms with van der Waals surface area (Å²) in [7, 11) is 0. The van der Waals surface area contributed by atoms with Crippen LogP contribution in [0.5, 0.6) is 0 Å². The predicted octanol–water partition coefficient (Wildman–Crippen LogP) is -2.13. The van der Waals surface area contributed by atoms with E-state index in [2.05, 4.69) is 4.90 Å². The molecule has 1 aliphatic heterocycles.